The fourth-order valence-electron chi connectivity index (χ4n) is 6.43. The van der Waals surface area contributed by atoms with Gasteiger partial charge in [-0.3, -0.25) is 0 Å². The van der Waals surface area contributed by atoms with Gasteiger partial charge in [0.2, 0.25) is 0 Å². The number of hydrogen-bond donors (Lipinski definition) is 9. The standard InChI is InChI=1S/C25H40O19/c1-35-3-7-12(29)20(44-23-14(31)18-11(28)8(40-23)4-36-18)15(32)24(39-7)42-17-9-5-37-21(17)16(33)25(41-9)43-19-10(27)6(2-26)38-22(34)13(19)30/h6-34H,2-5H2,1H3/t6-,7-,8+,9+,10+,11-,12+,13-,14+,15-,16+,17-,18-,19+,20+,21+,22-,23+,24+,25+/m1/s1. The molecule has 0 aromatic carbocycles. The predicted molar refractivity (Wildman–Crippen MR) is 132 cm³/mol. The highest BCUT2D eigenvalue weighted by Gasteiger charge is 2.58. The van der Waals surface area contributed by atoms with Crippen LogP contribution in [-0.2, 0) is 47.4 Å². The van der Waals surface area contributed by atoms with Gasteiger partial charge in [-0.25, -0.2) is 0 Å². The average Bonchev–Trinajstić information content (AvgIpc) is 3.46. The lowest BCUT2D eigenvalue weighted by atomic mass is 9.96. The molecule has 6 fully saturated rings. The van der Waals surface area contributed by atoms with Crippen molar-refractivity contribution in [3.8, 4) is 0 Å². The maximum atomic E-state index is 11.2. The van der Waals surface area contributed by atoms with Gasteiger partial charge in [0.1, 0.15) is 97.7 Å². The van der Waals surface area contributed by atoms with Crippen molar-refractivity contribution >= 4 is 0 Å². The van der Waals surface area contributed by atoms with E-state index in [1.165, 1.54) is 7.11 Å². The van der Waals surface area contributed by atoms with Crippen molar-refractivity contribution in [2.24, 2.45) is 0 Å². The van der Waals surface area contributed by atoms with Crippen molar-refractivity contribution in [3.05, 3.63) is 0 Å². The van der Waals surface area contributed by atoms with E-state index in [4.69, 9.17) is 47.4 Å². The van der Waals surface area contributed by atoms with Crippen LogP contribution in [-0.4, -0.2) is 202 Å². The van der Waals surface area contributed by atoms with Gasteiger partial charge in [0, 0.05) is 7.11 Å². The van der Waals surface area contributed by atoms with Crippen LogP contribution < -0.4 is 0 Å². The Kier molecular flexibility index (Phi) is 10.1. The third-order valence-electron chi connectivity index (χ3n) is 8.85. The van der Waals surface area contributed by atoms with Crippen molar-refractivity contribution in [2.75, 3.05) is 33.5 Å². The van der Waals surface area contributed by atoms with Crippen molar-refractivity contribution in [1.82, 2.24) is 0 Å². The summed E-state index contributed by atoms with van der Waals surface area (Å²) in [4.78, 5) is 0. The molecule has 0 aromatic heterocycles. The second-order valence-corrected chi connectivity index (χ2v) is 11.7. The topological polar surface area (TPSA) is 274 Å². The quantitative estimate of drug-likeness (QED) is 0.113. The number of fused-ring (bicyclic) bond motifs is 4. The number of rotatable bonds is 9. The van der Waals surface area contributed by atoms with Gasteiger partial charge in [-0.15, -0.1) is 0 Å². The summed E-state index contributed by atoms with van der Waals surface area (Å²) >= 11 is 0. The Morgan fingerprint density at radius 2 is 1.09 bits per heavy atom. The van der Waals surface area contributed by atoms with E-state index in [0.29, 0.717) is 0 Å². The normalized spacial score (nSPS) is 55.8. The summed E-state index contributed by atoms with van der Waals surface area (Å²) in [6.45, 7) is -0.896. The Bertz CT molecular complexity index is 962. The first kappa shape index (κ1) is 33.2. The molecule has 19 heteroatoms. The third-order valence-corrected chi connectivity index (χ3v) is 8.85. The van der Waals surface area contributed by atoms with Crippen LogP contribution in [0.2, 0.25) is 0 Å². The molecule has 6 aliphatic rings. The van der Waals surface area contributed by atoms with E-state index in [1.54, 1.807) is 0 Å². The first-order valence-corrected chi connectivity index (χ1v) is 14.4. The van der Waals surface area contributed by atoms with Gasteiger partial charge in [-0.2, -0.15) is 0 Å². The molecule has 9 N–H and O–H groups in total. The Labute approximate surface area is 250 Å². The SMILES string of the molecule is COC[C@H]1O[C@@H](O[C@H]2[C@H]3OC[C@@H]2O[C@@H](O[C@@H]2[C@@H](O)[C@H](O)O[C@H](CO)[C@@H]2O)[C@H]3O)[C@H](O)[C@@H](O[C@@H]2O[C@H]3CO[C@@H]([C@@H]2O)[C@@H]3O)[C@H]1O. The van der Waals surface area contributed by atoms with Gasteiger partial charge in [0.25, 0.3) is 0 Å². The van der Waals surface area contributed by atoms with Crippen LogP contribution in [0.4, 0.5) is 0 Å². The summed E-state index contributed by atoms with van der Waals surface area (Å²) in [5.41, 5.74) is 0. The Hall–Kier alpha value is -0.760. The summed E-state index contributed by atoms with van der Waals surface area (Å²) in [5, 5.41) is 94.2. The second kappa shape index (κ2) is 13.4. The van der Waals surface area contributed by atoms with Gasteiger partial charge in [0.15, 0.2) is 25.2 Å². The number of hydrogen-bond acceptors (Lipinski definition) is 19. The Morgan fingerprint density at radius 3 is 1.77 bits per heavy atom. The van der Waals surface area contributed by atoms with E-state index >= 15 is 0 Å². The summed E-state index contributed by atoms with van der Waals surface area (Å²) in [6, 6.07) is 0. The van der Waals surface area contributed by atoms with Crippen LogP contribution >= 0.6 is 0 Å². The molecule has 44 heavy (non-hydrogen) atoms. The second-order valence-electron chi connectivity index (χ2n) is 11.7. The first-order valence-electron chi connectivity index (χ1n) is 14.4. The van der Waals surface area contributed by atoms with Crippen LogP contribution in [0.25, 0.3) is 0 Å². The molecule has 4 bridgehead atoms. The Balaban J connectivity index is 1.13. The van der Waals surface area contributed by atoms with E-state index in [0.717, 1.165) is 0 Å². The van der Waals surface area contributed by atoms with Crippen molar-refractivity contribution in [1.29, 1.82) is 0 Å². The first-order chi connectivity index (χ1) is 21.0. The average molecular weight is 645 g/mol. The van der Waals surface area contributed by atoms with Gasteiger partial charge >= 0.3 is 0 Å². The molecule has 6 aliphatic heterocycles. The molecule has 6 heterocycles. The minimum Gasteiger partial charge on any atom is -0.394 e. The summed E-state index contributed by atoms with van der Waals surface area (Å²) in [7, 11) is 1.37. The molecule has 254 valence electrons. The number of aliphatic hydroxyl groups is 9. The van der Waals surface area contributed by atoms with Gasteiger partial charge in [0.05, 0.1) is 26.4 Å². The van der Waals surface area contributed by atoms with Crippen LogP contribution in [0.5, 0.6) is 0 Å². The van der Waals surface area contributed by atoms with Crippen LogP contribution in [0.1, 0.15) is 0 Å². The molecule has 6 saturated heterocycles. The van der Waals surface area contributed by atoms with Gasteiger partial charge < -0.3 is 93.3 Å². The summed E-state index contributed by atoms with van der Waals surface area (Å²) in [6.07, 6.45) is -26.8. The van der Waals surface area contributed by atoms with Gasteiger partial charge in [-0.1, -0.05) is 0 Å². The van der Waals surface area contributed by atoms with Crippen molar-refractivity contribution < 1.29 is 93.3 Å². The summed E-state index contributed by atoms with van der Waals surface area (Å²) in [5.74, 6) is 0. The molecule has 0 amide bonds. The molecule has 20 atom stereocenters. The largest absolute Gasteiger partial charge is 0.394 e. The lowest BCUT2D eigenvalue weighted by Crippen LogP contribution is -2.65. The molecular formula is C25H40O19. The molecule has 19 nitrogen and oxygen atoms in total. The lowest BCUT2D eigenvalue weighted by Gasteiger charge is -2.47. The number of aliphatic hydroxyl groups excluding tert-OH is 9. The fraction of sp³-hybridized carbons (Fsp3) is 1.00. The zero-order valence-corrected chi connectivity index (χ0v) is 23.5. The lowest BCUT2D eigenvalue weighted by molar-refractivity contribution is -0.372. The predicted octanol–water partition coefficient (Wildman–Crippen LogP) is -7.00. The highest BCUT2D eigenvalue weighted by Crippen LogP contribution is 2.38. The molecule has 0 unspecified atom stereocenters. The third kappa shape index (κ3) is 5.92. The maximum absolute atomic E-state index is 11.2. The molecule has 0 saturated carbocycles. The Morgan fingerprint density at radius 1 is 0.545 bits per heavy atom. The molecule has 0 radical (unpaired) electrons. The zero-order valence-electron chi connectivity index (χ0n) is 23.5. The molecule has 6 rings (SSSR count). The van der Waals surface area contributed by atoms with E-state index in [9.17, 15) is 46.0 Å². The highest BCUT2D eigenvalue weighted by molar-refractivity contribution is 5.01. The van der Waals surface area contributed by atoms with Crippen LogP contribution in [0.15, 0.2) is 0 Å². The van der Waals surface area contributed by atoms with E-state index in [2.05, 4.69) is 0 Å². The van der Waals surface area contributed by atoms with E-state index in [-0.39, 0.29) is 19.8 Å². The molecular weight excluding hydrogens is 604 g/mol. The summed E-state index contributed by atoms with van der Waals surface area (Å²) < 4.78 is 55.8. The molecule has 0 spiro atoms. The molecule has 0 aromatic rings. The number of ether oxygens (including phenoxy) is 10. The monoisotopic (exact) mass is 644 g/mol. The minimum atomic E-state index is -1.78. The minimum absolute atomic E-state index is 0.0200. The van der Waals surface area contributed by atoms with Gasteiger partial charge in [-0.05, 0) is 0 Å². The van der Waals surface area contributed by atoms with Crippen molar-refractivity contribution in [2.45, 2.75) is 123 Å². The molecule has 0 aliphatic carbocycles. The van der Waals surface area contributed by atoms with E-state index in [1.807, 2.05) is 0 Å². The zero-order chi connectivity index (χ0) is 31.4. The van der Waals surface area contributed by atoms with Crippen molar-refractivity contribution in [3.63, 3.8) is 0 Å². The van der Waals surface area contributed by atoms with Crippen LogP contribution in [0.3, 0.4) is 0 Å². The highest BCUT2D eigenvalue weighted by atomic mass is 16.8. The fourth-order valence-corrected chi connectivity index (χ4v) is 6.43. The maximum Gasteiger partial charge on any atom is 0.187 e. The number of methoxy groups -OCH3 is 1. The van der Waals surface area contributed by atoms with Crippen LogP contribution in [0, 0.1) is 0 Å². The van der Waals surface area contributed by atoms with E-state index < -0.39 is 129 Å². The smallest absolute Gasteiger partial charge is 0.187 e.